The molecule has 1 fully saturated rings. The maximum Gasteiger partial charge on any atom is 0.407 e. The number of aromatic nitrogens is 4. The van der Waals surface area contributed by atoms with Crippen molar-refractivity contribution in [1.29, 1.82) is 0 Å². The van der Waals surface area contributed by atoms with Crippen molar-refractivity contribution >= 4 is 40.6 Å². The molecule has 5 heterocycles. The van der Waals surface area contributed by atoms with Gasteiger partial charge in [-0.05, 0) is 50.6 Å². The predicted molar refractivity (Wildman–Crippen MR) is 155 cm³/mol. The topological polar surface area (TPSA) is 105 Å². The van der Waals surface area contributed by atoms with Gasteiger partial charge in [0.2, 0.25) is 5.95 Å². The molecule has 41 heavy (non-hydrogen) atoms. The van der Waals surface area contributed by atoms with Crippen LogP contribution in [-0.2, 0) is 4.74 Å². The van der Waals surface area contributed by atoms with E-state index in [0.717, 1.165) is 21.5 Å². The highest BCUT2D eigenvalue weighted by molar-refractivity contribution is 6.32. The normalized spacial score (nSPS) is 21.4. The molecule has 3 aliphatic heterocycles. The van der Waals surface area contributed by atoms with Crippen molar-refractivity contribution in [3.8, 4) is 11.1 Å². The summed E-state index contributed by atoms with van der Waals surface area (Å²) < 4.78 is 31.9. The first-order valence-corrected chi connectivity index (χ1v) is 13.9. The molecular formula is C30H30ClN7O3. The number of rotatable bonds is 3. The van der Waals surface area contributed by atoms with Gasteiger partial charge in [-0.3, -0.25) is 4.79 Å². The van der Waals surface area contributed by atoms with Crippen molar-refractivity contribution in [2.45, 2.75) is 50.9 Å². The molecule has 1 saturated heterocycles. The van der Waals surface area contributed by atoms with E-state index < -0.39 is 30.6 Å². The van der Waals surface area contributed by atoms with E-state index >= 15 is 0 Å². The fourth-order valence-electron chi connectivity index (χ4n) is 5.92. The quantitative estimate of drug-likeness (QED) is 0.368. The van der Waals surface area contributed by atoms with Crippen LogP contribution in [0, 0.1) is 0 Å². The summed E-state index contributed by atoms with van der Waals surface area (Å²) in [4.78, 5) is 42.5. The minimum absolute atomic E-state index is 0.0433. The summed E-state index contributed by atoms with van der Waals surface area (Å²) >= 11 is 6.67. The Morgan fingerprint density at radius 1 is 1.12 bits per heavy atom. The molecule has 2 atom stereocenters. The third-order valence-corrected chi connectivity index (χ3v) is 8.11. The zero-order chi connectivity index (χ0) is 31.1. The first kappa shape index (κ1) is 22.5. The van der Waals surface area contributed by atoms with Gasteiger partial charge < -0.3 is 24.4 Å². The number of hydrogen-bond acceptors (Lipinski definition) is 7. The molecule has 210 valence electrons. The molecule has 2 aromatic carbocycles. The Bertz CT molecular complexity index is 1810. The second-order valence-corrected chi connectivity index (χ2v) is 12.1. The van der Waals surface area contributed by atoms with Crippen LogP contribution in [0.25, 0.3) is 22.2 Å². The van der Waals surface area contributed by atoms with Gasteiger partial charge in [-0.15, -0.1) is 0 Å². The van der Waals surface area contributed by atoms with Crippen LogP contribution in [0.2, 0.25) is 5.02 Å². The average molecular weight is 575 g/mol. The van der Waals surface area contributed by atoms with Gasteiger partial charge in [0.25, 0.3) is 5.91 Å². The van der Waals surface area contributed by atoms with Gasteiger partial charge in [0, 0.05) is 64.7 Å². The highest BCUT2D eigenvalue weighted by Crippen LogP contribution is 2.49. The number of nitrogens with one attached hydrogen (secondary N) is 1. The number of carbonyl (C=O) groups is 2. The highest BCUT2D eigenvalue weighted by Gasteiger charge is 2.44. The number of ether oxygens (including phenoxy) is 1. The Morgan fingerprint density at radius 3 is 2.63 bits per heavy atom. The largest absolute Gasteiger partial charge is 0.444 e. The smallest absolute Gasteiger partial charge is 0.407 e. The van der Waals surface area contributed by atoms with E-state index in [0.29, 0.717) is 52.9 Å². The Labute approximate surface area is 246 Å². The van der Waals surface area contributed by atoms with Gasteiger partial charge in [-0.2, -0.15) is 0 Å². The van der Waals surface area contributed by atoms with Crippen LogP contribution in [0.15, 0.2) is 48.8 Å². The molecule has 0 saturated carbocycles. The van der Waals surface area contributed by atoms with Crippen LogP contribution < -0.4 is 10.2 Å². The number of hydrogen-bond donors (Lipinski definition) is 1. The molecule has 2 aromatic heterocycles. The fourth-order valence-corrected chi connectivity index (χ4v) is 6.22. The lowest BCUT2D eigenvalue weighted by Gasteiger charge is -2.39. The van der Waals surface area contributed by atoms with E-state index in [1.807, 2.05) is 48.4 Å². The average Bonchev–Trinajstić information content (AvgIpc) is 3.41. The van der Waals surface area contributed by atoms with Crippen molar-refractivity contribution in [3.05, 3.63) is 70.8 Å². The summed E-state index contributed by atoms with van der Waals surface area (Å²) in [6.45, 7) is 3.97. The van der Waals surface area contributed by atoms with Gasteiger partial charge in [0.05, 0.1) is 29.2 Å². The van der Waals surface area contributed by atoms with Gasteiger partial charge in [0.1, 0.15) is 11.4 Å². The second kappa shape index (κ2) is 9.17. The van der Waals surface area contributed by atoms with Crippen LogP contribution in [0.5, 0.6) is 0 Å². The molecule has 2 bridgehead atoms. The number of fused-ring (bicyclic) bond motifs is 9. The minimum atomic E-state index is -2.66. The summed E-state index contributed by atoms with van der Waals surface area (Å²) in [6, 6.07) is 9.70. The number of amides is 2. The van der Waals surface area contributed by atoms with Crippen molar-refractivity contribution in [2.24, 2.45) is 0 Å². The molecule has 2 amide bonds. The molecule has 7 rings (SSSR count). The van der Waals surface area contributed by atoms with Gasteiger partial charge in [-0.25, -0.2) is 19.7 Å². The second-order valence-electron chi connectivity index (χ2n) is 11.7. The molecule has 11 heteroatoms. The van der Waals surface area contributed by atoms with Crippen molar-refractivity contribution in [1.82, 2.24) is 29.7 Å². The molecule has 0 radical (unpaired) electrons. The maximum atomic E-state index is 13.5. The number of alkyl carbamates (subject to hydrolysis) is 1. The molecule has 0 spiro atoms. The highest BCUT2D eigenvalue weighted by atomic mass is 35.5. The van der Waals surface area contributed by atoms with Crippen molar-refractivity contribution in [3.63, 3.8) is 0 Å². The Hall–Kier alpha value is -4.18. The predicted octanol–water partition coefficient (Wildman–Crippen LogP) is 4.98. The first-order chi connectivity index (χ1) is 20.8. The van der Waals surface area contributed by atoms with Crippen molar-refractivity contribution in [2.75, 3.05) is 25.0 Å². The Kier molecular flexibility index (Phi) is 5.03. The van der Waals surface area contributed by atoms with Crippen LogP contribution in [0.3, 0.4) is 0 Å². The number of carbonyl (C=O) groups excluding carboxylic acids is 2. The standard InChI is InChI=1S/C30H30ClN7O3/c1-30(2,3)41-29(40)34-18-14-37(15-18)28-32-12-17(13-33-28)16-8-9-21-22(10-16)38-23-11-24(26(38)35-21)36(4)27(39)19-6-5-7-20(31)25(19)23/h5-10,12-13,18,23-24H,11,14-15H2,1-4H3,(H,34,40)/t23-,24-/m1/s1/i4D3. The summed E-state index contributed by atoms with van der Waals surface area (Å²) in [6.07, 6.45) is 3.43. The summed E-state index contributed by atoms with van der Waals surface area (Å²) in [5, 5.41) is 3.27. The van der Waals surface area contributed by atoms with Crippen molar-refractivity contribution < 1.29 is 18.4 Å². The lowest BCUT2D eigenvalue weighted by atomic mass is 9.98. The maximum absolute atomic E-state index is 13.5. The van der Waals surface area contributed by atoms with Gasteiger partial charge in [-0.1, -0.05) is 23.7 Å². The monoisotopic (exact) mass is 574 g/mol. The molecule has 1 N–H and O–H groups in total. The lowest BCUT2D eigenvalue weighted by Crippen LogP contribution is -2.60. The van der Waals surface area contributed by atoms with E-state index in [2.05, 4.69) is 15.3 Å². The van der Waals surface area contributed by atoms with Gasteiger partial charge >= 0.3 is 6.09 Å². The number of halogens is 1. The van der Waals surface area contributed by atoms with E-state index in [1.54, 1.807) is 30.6 Å². The SMILES string of the molecule is [2H]C([2H])([2H])N1C(=O)c2cccc(Cl)c2[C@H]2C[C@@H]1c1nc3ccc(-c4cnc(N5CC(NC(=O)OC(C)(C)C)C5)nc4)cc3n12. The number of benzene rings is 2. The lowest BCUT2D eigenvalue weighted by molar-refractivity contribution is 0.0495. The molecule has 0 aliphatic carbocycles. The molecule has 4 aromatic rings. The first-order valence-electron chi connectivity index (χ1n) is 15.0. The van der Waals surface area contributed by atoms with Gasteiger partial charge in [0.15, 0.2) is 0 Å². The summed E-state index contributed by atoms with van der Waals surface area (Å²) in [5.74, 6) is 0.518. The molecular weight excluding hydrogens is 542 g/mol. The minimum Gasteiger partial charge on any atom is -0.444 e. The Morgan fingerprint density at radius 2 is 1.90 bits per heavy atom. The van der Waals surface area contributed by atoms with Crippen LogP contribution >= 0.6 is 11.6 Å². The number of nitrogens with zero attached hydrogens (tertiary/aromatic N) is 6. The van der Waals surface area contributed by atoms with E-state index in [9.17, 15) is 9.59 Å². The van der Waals surface area contributed by atoms with E-state index in [-0.39, 0.29) is 12.1 Å². The zero-order valence-electron chi connectivity index (χ0n) is 25.8. The van der Waals surface area contributed by atoms with Crippen LogP contribution in [0.4, 0.5) is 10.7 Å². The fraction of sp³-hybridized carbons (Fsp3) is 0.367. The van der Waals surface area contributed by atoms with Crippen LogP contribution in [-0.4, -0.2) is 68.1 Å². The van der Waals surface area contributed by atoms with E-state index in [4.69, 9.17) is 25.4 Å². The third kappa shape index (κ3) is 4.28. The van der Waals surface area contributed by atoms with E-state index in [1.165, 1.54) is 0 Å². The third-order valence-electron chi connectivity index (χ3n) is 7.78. The zero-order valence-corrected chi connectivity index (χ0v) is 23.5. The number of imidazole rings is 1. The van der Waals surface area contributed by atoms with Crippen LogP contribution in [0.1, 0.15) is 65.1 Å². The summed E-state index contributed by atoms with van der Waals surface area (Å²) in [5.41, 5.74) is 3.50. The number of anilines is 1. The molecule has 0 unspecified atom stereocenters. The Balaban J connectivity index is 1.18. The summed E-state index contributed by atoms with van der Waals surface area (Å²) in [7, 11) is 0. The molecule has 3 aliphatic rings. The molecule has 10 nitrogen and oxygen atoms in total.